The summed E-state index contributed by atoms with van der Waals surface area (Å²) in [5.41, 5.74) is 0.783. The van der Waals surface area contributed by atoms with Gasteiger partial charge in [-0.05, 0) is 16.3 Å². The van der Waals surface area contributed by atoms with Crippen molar-refractivity contribution in [1.82, 2.24) is 0 Å². The molecule has 0 fully saturated rings. The highest BCUT2D eigenvalue weighted by atomic mass is 16.1. The number of benzene rings is 2. The minimum absolute atomic E-state index is 0.670. The van der Waals surface area contributed by atoms with Gasteiger partial charge in [-0.25, -0.2) is 0 Å². The standard InChI is InChI=1S/C13H9NO/c14-8-11(9-15)13-7-3-5-10-4-1-2-6-12(10)13/h1-7,9,11H/t11-/m1/s1. The molecule has 0 aliphatic heterocycles. The van der Waals surface area contributed by atoms with E-state index in [1.54, 1.807) is 0 Å². The zero-order valence-corrected chi connectivity index (χ0v) is 8.05. The van der Waals surface area contributed by atoms with E-state index in [-0.39, 0.29) is 0 Å². The van der Waals surface area contributed by atoms with Crippen LogP contribution in [0.15, 0.2) is 42.5 Å². The van der Waals surface area contributed by atoms with Crippen LogP contribution in [0.2, 0.25) is 0 Å². The molecule has 0 saturated carbocycles. The third-order valence-electron chi connectivity index (χ3n) is 2.43. The van der Waals surface area contributed by atoms with Crippen molar-refractivity contribution in [3.8, 4) is 6.07 Å². The lowest BCUT2D eigenvalue weighted by Gasteiger charge is -2.06. The molecule has 2 aromatic rings. The summed E-state index contributed by atoms with van der Waals surface area (Å²) < 4.78 is 0. The maximum atomic E-state index is 10.8. The minimum Gasteiger partial charge on any atom is -0.302 e. The van der Waals surface area contributed by atoms with Crippen LogP contribution in [0.3, 0.4) is 0 Å². The molecule has 0 spiro atoms. The van der Waals surface area contributed by atoms with Crippen molar-refractivity contribution in [3.05, 3.63) is 48.0 Å². The Morgan fingerprint density at radius 1 is 1.13 bits per heavy atom. The van der Waals surface area contributed by atoms with Gasteiger partial charge >= 0.3 is 0 Å². The van der Waals surface area contributed by atoms with Gasteiger partial charge in [0.2, 0.25) is 0 Å². The fraction of sp³-hybridized carbons (Fsp3) is 0.0769. The molecule has 0 N–H and O–H groups in total. The zero-order valence-electron chi connectivity index (χ0n) is 8.05. The van der Waals surface area contributed by atoms with Gasteiger partial charge in [-0.3, -0.25) is 0 Å². The number of fused-ring (bicyclic) bond motifs is 1. The van der Waals surface area contributed by atoms with Crippen molar-refractivity contribution in [1.29, 1.82) is 5.26 Å². The second-order valence-electron chi connectivity index (χ2n) is 3.31. The fourth-order valence-corrected chi connectivity index (χ4v) is 1.69. The second-order valence-corrected chi connectivity index (χ2v) is 3.31. The average molecular weight is 195 g/mol. The van der Waals surface area contributed by atoms with E-state index in [2.05, 4.69) is 0 Å². The van der Waals surface area contributed by atoms with E-state index >= 15 is 0 Å². The van der Waals surface area contributed by atoms with Crippen molar-refractivity contribution < 1.29 is 4.79 Å². The number of carbonyl (C=O) groups excluding carboxylic acids is 1. The van der Waals surface area contributed by atoms with Gasteiger partial charge in [0.1, 0.15) is 12.2 Å². The highest BCUT2D eigenvalue weighted by Gasteiger charge is 2.11. The Kier molecular flexibility index (Phi) is 2.47. The summed E-state index contributed by atoms with van der Waals surface area (Å²) in [5, 5.41) is 10.9. The molecule has 0 heterocycles. The number of rotatable bonds is 2. The van der Waals surface area contributed by atoms with Gasteiger partial charge in [0.25, 0.3) is 0 Å². The third kappa shape index (κ3) is 1.60. The predicted molar refractivity (Wildman–Crippen MR) is 58.4 cm³/mol. The number of aldehydes is 1. The van der Waals surface area contributed by atoms with Crippen LogP contribution in [-0.2, 0) is 4.79 Å². The summed E-state index contributed by atoms with van der Waals surface area (Å²) in [4.78, 5) is 10.8. The first-order valence-corrected chi connectivity index (χ1v) is 4.69. The highest BCUT2D eigenvalue weighted by Crippen LogP contribution is 2.23. The number of nitriles is 1. The molecule has 0 aliphatic carbocycles. The molecule has 2 heteroatoms. The first-order valence-electron chi connectivity index (χ1n) is 4.69. The van der Waals surface area contributed by atoms with Gasteiger partial charge in [-0.15, -0.1) is 0 Å². The maximum absolute atomic E-state index is 10.8. The molecular weight excluding hydrogens is 186 g/mol. The molecule has 0 amide bonds. The lowest BCUT2D eigenvalue weighted by molar-refractivity contribution is -0.108. The van der Waals surface area contributed by atoms with Crippen molar-refractivity contribution in [3.63, 3.8) is 0 Å². The van der Waals surface area contributed by atoms with Crippen molar-refractivity contribution >= 4 is 17.1 Å². The molecule has 2 aromatic carbocycles. The largest absolute Gasteiger partial charge is 0.302 e. The molecule has 2 rings (SSSR count). The maximum Gasteiger partial charge on any atom is 0.141 e. The number of hydrogen-bond acceptors (Lipinski definition) is 2. The molecular formula is C13H9NO. The smallest absolute Gasteiger partial charge is 0.141 e. The monoisotopic (exact) mass is 195 g/mol. The van der Waals surface area contributed by atoms with Crippen LogP contribution in [0.25, 0.3) is 10.8 Å². The van der Waals surface area contributed by atoms with Gasteiger partial charge in [0, 0.05) is 0 Å². The molecule has 0 bridgehead atoms. The lowest BCUT2D eigenvalue weighted by Crippen LogP contribution is -1.97. The Morgan fingerprint density at radius 3 is 2.60 bits per heavy atom. The van der Waals surface area contributed by atoms with Crippen LogP contribution in [-0.4, -0.2) is 6.29 Å². The molecule has 1 atom stereocenters. The Morgan fingerprint density at radius 2 is 1.87 bits per heavy atom. The van der Waals surface area contributed by atoms with Crippen molar-refractivity contribution in [2.45, 2.75) is 5.92 Å². The second kappa shape index (κ2) is 3.93. The predicted octanol–water partition coefficient (Wildman–Crippen LogP) is 2.65. The lowest BCUT2D eigenvalue weighted by atomic mass is 9.95. The summed E-state index contributed by atoms with van der Waals surface area (Å²) in [5.74, 6) is -0.670. The van der Waals surface area contributed by atoms with Gasteiger partial charge in [-0.1, -0.05) is 42.5 Å². The SMILES string of the molecule is N#C[C@H](C=O)c1cccc2ccccc12. The topological polar surface area (TPSA) is 40.9 Å². The van der Waals surface area contributed by atoms with Crippen LogP contribution in [0.5, 0.6) is 0 Å². The first-order chi connectivity index (χ1) is 7.36. The number of nitrogens with zero attached hydrogens (tertiary/aromatic N) is 1. The average Bonchev–Trinajstić information content (AvgIpc) is 2.31. The highest BCUT2D eigenvalue weighted by molar-refractivity contribution is 5.89. The van der Waals surface area contributed by atoms with Crippen LogP contribution in [0.1, 0.15) is 11.5 Å². The Balaban J connectivity index is 2.71. The Bertz CT molecular complexity index is 534. The van der Waals surface area contributed by atoms with Crippen LogP contribution in [0, 0.1) is 11.3 Å². The molecule has 0 unspecified atom stereocenters. The summed E-state index contributed by atoms with van der Waals surface area (Å²) >= 11 is 0. The van der Waals surface area contributed by atoms with Crippen LogP contribution in [0.4, 0.5) is 0 Å². The normalized spacial score (nSPS) is 11.9. The number of hydrogen-bond donors (Lipinski definition) is 0. The minimum atomic E-state index is -0.670. The molecule has 0 aliphatic rings. The van der Waals surface area contributed by atoms with Gasteiger partial charge in [0.15, 0.2) is 0 Å². The molecule has 0 saturated heterocycles. The Hall–Kier alpha value is -2.14. The summed E-state index contributed by atoms with van der Waals surface area (Å²) in [6.07, 6.45) is 0.682. The van der Waals surface area contributed by atoms with Gasteiger partial charge < -0.3 is 4.79 Å². The third-order valence-corrected chi connectivity index (χ3v) is 2.43. The molecule has 72 valence electrons. The van der Waals surface area contributed by atoms with E-state index in [9.17, 15) is 4.79 Å². The zero-order chi connectivity index (χ0) is 10.7. The molecule has 2 nitrogen and oxygen atoms in total. The van der Waals surface area contributed by atoms with Crippen LogP contribution < -0.4 is 0 Å². The quantitative estimate of drug-likeness (QED) is 0.691. The van der Waals surface area contributed by atoms with E-state index in [4.69, 9.17) is 5.26 Å². The van der Waals surface area contributed by atoms with Gasteiger partial charge in [-0.2, -0.15) is 5.26 Å². The van der Waals surface area contributed by atoms with E-state index in [0.29, 0.717) is 6.29 Å². The molecule has 0 aromatic heterocycles. The van der Waals surface area contributed by atoms with E-state index in [1.807, 2.05) is 48.5 Å². The van der Waals surface area contributed by atoms with Crippen LogP contribution >= 0.6 is 0 Å². The molecule has 15 heavy (non-hydrogen) atoms. The van der Waals surface area contributed by atoms with Crippen molar-refractivity contribution in [2.24, 2.45) is 0 Å². The van der Waals surface area contributed by atoms with E-state index < -0.39 is 5.92 Å². The van der Waals surface area contributed by atoms with E-state index in [1.165, 1.54) is 0 Å². The summed E-state index contributed by atoms with van der Waals surface area (Å²) in [6, 6.07) is 15.4. The first kappa shape index (κ1) is 9.42. The van der Waals surface area contributed by atoms with Gasteiger partial charge in [0.05, 0.1) is 6.07 Å². The summed E-state index contributed by atoms with van der Waals surface area (Å²) in [7, 11) is 0. The van der Waals surface area contributed by atoms with Crippen molar-refractivity contribution in [2.75, 3.05) is 0 Å². The fourth-order valence-electron chi connectivity index (χ4n) is 1.69. The Labute approximate surface area is 87.8 Å². The molecule has 0 radical (unpaired) electrons. The number of carbonyl (C=O) groups is 1. The summed E-state index contributed by atoms with van der Waals surface area (Å²) in [6.45, 7) is 0. The van der Waals surface area contributed by atoms with E-state index in [0.717, 1.165) is 16.3 Å².